The number of aromatic nitrogens is 2. The van der Waals surface area contributed by atoms with Crippen LogP contribution < -0.4 is 4.74 Å². The van der Waals surface area contributed by atoms with Gasteiger partial charge in [-0.2, -0.15) is 0 Å². The Bertz CT molecular complexity index is 1580. The Kier molecular flexibility index (Phi) is 8.52. The Morgan fingerprint density at radius 1 is 0.800 bits per heavy atom. The molecule has 0 amide bonds. The Labute approximate surface area is 235 Å². The van der Waals surface area contributed by atoms with Gasteiger partial charge in [-0.3, -0.25) is 4.79 Å². The third-order valence-corrected chi connectivity index (χ3v) is 6.74. The van der Waals surface area contributed by atoms with E-state index in [9.17, 15) is 4.79 Å². The smallest absolute Gasteiger partial charge is 0.303 e. The number of nitrogens with zero attached hydrogens (tertiary/aromatic N) is 2. The molecule has 1 N–H and O–H groups in total. The molecule has 1 heterocycles. The van der Waals surface area contributed by atoms with Crippen LogP contribution in [0, 0.1) is 0 Å². The van der Waals surface area contributed by atoms with E-state index in [0.717, 1.165) is 46.1 Å². The maximum atomic E-state index is 10.6. The van der Waals surface area contributed by atoms with Crippen molar-refractivity contribution >= 4 is 18.1 Å². The number of rotatable bonds is 11. The number of carboxylic acid groups (broad SMARTS) is 1. The Morgan fingerprint density at radius 2 is 1.45 bits per heavy atom. The van der Waals surface area contributed by atoms with E-state index in [1.165, 1.54) is 11.1 Å². The lowest BCUT2D eigenvalue weighted by atomic mass is 10.0. The van der Waals surface area contributed by atoms with E-state index in [1.807, 2.05) is 30.3 Å². The second-order valence-electron chi connectivity index (χ2n) is 9.54. The molecule has 0 aliphatic carbocycles. The van der Waals surface area contributed by atoms with Gasteiger partial charge in [0.2, 0.25) is 0 Å². The summed E-state index contributed by atoms with van der Waals surface area (Å²) >= 11 is 0. The molecule has 0 saturated heterocycles. The van der Waals surface area contributed by atoms with Crippen molar-refractivity contribution in [1.82, 2.24) is 9.55 Å². The highest BCUT2D eigenvalue weighted by Crippen LogP contribution is 2.27. The van der Waals surface area contributed by atoms with Crippen LogP contribution in [-0.4, -0.2) is 27.2 Å². The van der Waals surface area contributed by atoms with Crippen LogP contribution in [0.2, 0.25) is 0 Å². The number of aliphatic carboxylic acids is 1. The molecule has 0 saturated carbocycles. The number of carbonyl (C=O) groups is 1. The van der Waals surface area contributed by atoms with Gasteiger partial charge in [0, 0.05) is 24.7 Å². The van der Waals surface area contributed by atoms with Gasteiger partial charge in [0.1, 0.15) is 11.6 Å². The zero-order chi connectivity index (χ0) is 27.7. The summed E-state index contributed by atoms with van der Waals surface area (Å²) in [4.78, 5) is 15.6. The minimum atomic E-state index is -0.803. The number of carboxylic acids is 1. The largest absolute Gasteiger partial charge is 0.494 e. The molecule has 0 atom stereocenters. The molecule has 1 aromatic heterocycles. The van der Waals surface area contributed by atoms with E-state index in [1.54, 1.807) is 0 Å². The van der Waals surface area contributed by atoms with Gasteiger partial charge in [-0.25, -0.2) is 4.98 Å². The molecular formula is C35H32N2O3. The molecular weight excluding hydrogens is 496 g/mol. The standard InChI is InChI=1S/C35H32N2O3/c1-2-37-25-33(31-11-6-10-30(24-31)27-8-4-3-5-9-27)36-34(37)22-15-26-13-16-28(17-14-26)29-18-20-32(21-19-29)40-23-7-12-35(38)39/h3-6,8-11,13-22,24-25H,2,7,12,23H2,1H3,(H,38,39). The van der Waals surface area contributed by atoms with Crippen molar-refractivity contribution in [2.75, 3.05) is 6.61 Å². The zero-order valence-corrected chi connectivity index (χ0v) is 22.5. The van der Waals surface area contributed by atoms with Gasteiger partial charge < -0.3 is 14.4 Å². The first-order valence-corrected chi connectivity index (χ1v) is 13.6. The van der Waals surface area contributed by atoms with Crippen LogP contribution in [0.1, 0.15) is 31.2 Å². The maximum absolute atomic E-state index is 10.6. The molecule has 0 spiro atoms. The van der Waals surface area contributed by atoms with E-state index in [2.05, 4.69) is 103 Å². The summed E-state index contributed by atoms with van der Waals surface area (Å²) in [6.07, 6.45) is 6.89. The molecule has 5 aromatic rings. The molecule has 0 unspecified atom stereocenters. The summed E-state index contributed by atoms with van der Waals surface area (Å²) in [6, 6.07) is 35.2. The highest BCUT2D eigenvalue weighted by Gasteiger charge is 2.08. The van der Waals surface area contributed by atoms with Crippen molar-refractivity contribution in [3.8, 4) is 39.3 Å². The van der Waals surface area contributed by atoms with Gasteiger partial charge >= 0.3 is 5.97 Å². The second kappa shape index (κ2) is 12.8. The van der Waals surface area contributed by atoms with Crippen LogP contribution in [0.5, 0.6) is 5.75 Å². The molecule has 40 heavy (non-hydrogen) atoms. The molecule has 5 rings (SSSR count). The molecule has 4 aromatic carbocycles. The number of aryl methyl sites for hydroxylation is 1. The number of imidazole rings is 1. The SMILES string of the molecule is CCn1cc(-c2cccc(-c3ccccc3)c2)nc1C=Cc1ccc(-c2ccc(OCCCC(=O)O)cc2)cc1. The van der Waals surface area contributed by atoms with Gasteiger partial charge in [0.05, 0.1) is 12.3 Å². The second-order valence-corrected chi connectivity index (χ2v) is 9.54. The van der Waals surface area contributed by atoms with Gasteiger partial charge in [0.15, 0.2) is 0 Å². The van der Waals surface area contributed by atoms with E-state index in [-0.39, 0.29) is 6.42 Å². The zero-order valence-electron chi connectivity index (χ0n) is 22.5. The highest BCUT2D eigenvalue weighted by molar-refractivity contribution is 5.74. The number of hydrogen-bond acceptors (Lipinski definition) is 3. The number of benzene rings is 4. The average Bonchev–Trinajstić information content (AvgIpc) is 3.43. The Hall–Kier alpha value is -4.90. The fraction of sp³-hybridized carbons (Fsp3) is 0.143. The van der Waals surface area contributed by atoms with Crippen LogP contribution in [0.4, 0.5) is 0 Å². The van der Waals surface area contributed by atoms with Crippen LogP contribution in [0.15, 0.2) is 109 Å². The first-order chi connectivity index (χ1) is 19.6. The van der Waals surface area contributed by atoms with Gasteiger partial charge in [0.25, 0.3) is 0 Å². The summed E-state index contributed by atoms with van der Waals surface area (Å²) in [5.41, 5.74) is 7.75. The molecule has 0 aliphatic heterocycles. The van der Waals surface area contributed by atoms with E-state index < -0.39 is 5.97 Å². The monoisotopic (exact) mass is 528 g/mol. The van der Waals surface area contributed by atoms with Crippen molar-refractivity contribution in [2.45, 2.75) is 26.3 Å². The summed E-state index contributed by atoms with van der Waals surface area (Å²) in [6.45, 7) is 3.36. The van der Waals surface area contributed by atoms with Crippen molar-refractivity contribution in [2.24, 2.45) is 0 Å². The lowest BCUT2D eigenvalue weighted by molar-refractivity contribution is -0.137. The van der Waals surface area contributed by atoms with Crippen LogP contribution in [-0.2, 0) is 11.3 Å². The quantitative estimate of drug-likeness (QED) is 0.175. The minimum Gasteiger partial charge on any atom is -0.494 e. The molecule has 0 fully saturated rings. The Balaban J connectivity index is 1.26. The van der Waals surface area contributed by atoms with Gasteiger partial charge in [-0.1, -0.05) is 91.0 Å². The van der Waals surface area contributed by atoms with E-state index in [0.29, 0.717) is 13.0 Å². The fourth-order valence-corrected chi connectivity index (χ4v) is 4.56. The molecule has 0 radical (unpaired) electrons. The lowest BCUT2D eigenvalue weighted by Crippen LogP contribution is -2.01. The normalized spacial score (nSPS) is 11.1. The maximum Gasteiger partial charge on any atom is 0.303 e. The average molecular weight is 529 g/mol. The van der Waals surface area contributed by atoms with E-state index >= 15 is 0 Å². The third-order valence-electron chi connectivity index (χ3n) is 6.74. The summed E-state index contributed by atoms with van der Waals surface area (Å²) < 4.78 is 7.80. The number of ether oxygens (including phenoxy) is 1. The fourth-order valence-electron chi connectivity index (χ4n) is 4.56. The highest BCUT2D eigenvalue weighted by atomic mass is 16.5. The van der Waals surface area contributed by atoms with Gasteiger partial charge in [-0.15, -0.1) is 0 Å². The topological polar surface area (TPSA) is 64.4 Å². The van der Waals surface area contributed by atoms with Gasteiger partial charge in [-0.05, 0) is 65.4 Å². The first kappa shape index (κ1) is 26.7. The number of hydrogen-bond donors (Lipinski definition) is 1. The first-order valence-electron chi connectivity index (χ1n) is 13.6. The third kappa shape index (κ3) is 6.75. The van der Waals surface area contributed by atoms with Crippen molar-refractivity contribution in [1.29, 1.82) is 0 Å². The molecule has 200 valence electrons. The lowest BCUT2D eigenvalue weighted by Gasteiger charge is -2.07. The molecule has 0 bridgehead atoms. The van der Waals surface area contributed by atoms with Crippen LogP contribution >= 0.6 is 0 Å². The van der Waals surface area contributed by atoms with Crippen molar-refractivity contribution in [3.05, 3.63) is 121 Å². The minimum absolute atomic E-state index is 0.114. The summed E-state index contributed by atoms with van der Waals surface area (Å²) in [5, 5.41) is 8.73. The van der Waals surface area contributed by atoms with Crippen LogP contribution in [0.3, 0.4) is 0 Å². The summed E-state index contributed by atoms with van der Waals surface area (Å²) in [7, 11) is 0. The summed E-state index contributed by atoms with van der Waals surface area (Å²) in [5.74, 6) is 0.860. The van der Waals surface area contributed by atoms with Crippen LogP contribution in [0.25, 0.3) is 45.7 Å². The predicted octanol–water partition coefficient (Wildman–Crippen LogP) is 8.32. The molecule has 5 heteroatoms. The Morgan fingerprint density at radius 3 is 2.15 bits per heavy atom. The van der Waals surface area contributed by atoms with Crippen molar-refractivity contribution < 1.29 is 14.6 Å². The molecule has 0 aliphatic rings. The van der Waals surface area contributed by atoms with E-state index in [4.69, 9.17) is 14.8 Å². The predicted molar refractivity (Wildman–Crippen MR) is 162 cm³/mol. The van der Waals surface area contributed by atoms with Crippen molar-refractivity contribution in [3.63, 3.8) is 0 Å². The molecule has 5 nitrogen and oxygen atoms in total.